The largest absolute Gasteiger partial charge is 0.417 e. The van der Waals surface area contributed by atoms with Gasteiger partial charge in [0.25, 0.3) is 0 Å². The van der Waals surface area contributed by atoms with E-state index in [-0.39, 0.29) is 0 Å². The summed E-state index contributed by atoms with van der Waals surface area (Å²) in [7, 11) is -1.46. The predicted octanol–water partition coefficient (Wildman–Crippen LogP) is 4.38. The molecule has 4 aliphatic rings. The predicted molar refractivity (Wildman–Crippen MR) is 87.7 cm³/mol. The van der Waals surface area contributed by atoms with Crippen LogP contribution in [0.2, 0.25) is 19.1 Å². The summed E-state index contributed by atoms with van der Waals surface area (Å²) >= 11 is 0. The molecule has 118 valence electrons. The molecule has 0 spiro atoms. The van der Waals surface area contributed by atoms with Crippen molar-refractivity contribution in [3.05, 3.63) is 12.2 Å². The van der Waals surface area contributed by atoms with E-state index in [1.807, 2.05) is 0 Å². The molecule has 21 heavy (non-hydrogen) atoms. The van der Waals surface area contributed by atoms with E-state index in [2.05, 4.69) is 25.2 Å². The van der Waals surface area contributed by atoms with Crippen LogP contribution in [-0.4, -0.2) is 27.1 Å². The van der Waals surface area contributed by atoms with Gasteiger partial charge in [-0.1, -0.05) is 18.6 Å². The third kappa shape index (κ3) is 3.30. The van der Waals surface area contributed by atoms with Crippen molar-refractivity contribution in [1.82, 2.24) is 0 Å². The lowest BCUT2D eigenvalue weighted by Crippen LogP contribution is -2.34. The third-order valence-corrected chi connectivity index (χ3v) is 8.80. The maximum absolute atomic E-state index is 6.44. The van der Waals surface area contributed by atoms with E-state index in [1.165, 1.54) is 44.6 Å². The Labute approximate surface area is 130 Å². The van der Waals surface area contributed by atoms with E-state index < -0.39 is 8.32 Å². The van der Waals surface area contributed by atoms with Gasteiger partial charge in [0.1, 0.15) is 0 Å². The Morgan fingerprint density at radius 1 is 1.10 bits per heavy atom. The summed E-state index contributed by atoms with van der Waals surface area (Å²) in [6, 6.07) is 1.35. The van der Waals surface area contributed by atoms with Crippen molar-refractivity contribution in [2.24, 2.45) is 23.7 Å². The Morgan fingerprint density at radius 3 is 2.71 bits per heavy atom. The minimum atomic E-state index is -1.46. The minimum absolute atomic E-state index is 0.595. The average molecular weight is 307 g/mol. The van der Waals surface area contributed by atoms with Crippen LogP contribution in [0, 0.1) is 23.7 Å². The monoisotopic (exact) mass is 306 g/mol. The highest BCUT2D eigenvalue weighted by molar-refractivity contribution is 6.71. The van der Waals surface area contributed by atoms with Gasteiger partial charge in [-0.25, -0.2) is 0 Å². The SMILES string of the molecule is C[Si](C)(CCC1CC2C=CC1C2)OCC1CCC2OC2C1. The summed E-state index contributed by atoms with van der Waals surface area (Å²) in [5, 5.41) is 0. The Bertz CT molecular complexity index is 419. The van der Waals surface area contributed by atoms with Crippen LogP contribution in [0.25, 0.3) is 0 Å². The van der Waals surface area contributed by atoms with Gasteiger partial charge < -0.3 is 9.16 Å². The molecule has 1 heterocycles. The van der Waals surface area contributed by atoms with Crippen LogP contribution >= 0.6 is 0 Å². The minimum Gasteiger partial charge on any atom is -0.417 e. The summed E-state index contributed by atoms with van der Waals surface area (Å²) in [6.45, 7) is 5.85. The topological polar surface area (TPSA) is 21.8 Å². The normalized spacial score (nSPS) is 44.1. The van der Waals surface area contributed by atoms with Crippen molar-refractivity contribution < 1.29 is 9.16 Å². The Hall–Kier alpha value is -0.123. The lowest BCUT2D eigenvalue weighted by atomic mass is 9.90. The third-order valence-electron chi connectivity index (χ3n) is 6.36. The summed E-state index contributed by atoms with van der Waals surface area (Å²) in [5.41, 5.74) is 0. The molecule has 4 rings (SSSR count). The molecule has 1 aliphatic heterocycles. The second-order valence-electron chi connectivity index (χ2n) is 8.54. The zero-order valence-electron chi connectivity index (χ0n) is 13.6. The standard InChI is InChI=1S/C18H30O2Si/c1-21(2,8-7-16-10-13-3-5-15(16)9-13)19-12-14-4-6-17-18(11-14)20-17/h3,5,13-18H,4,6-12H2,1-2H3. The first kappa shape index (κ1) is 14.5. The Kier molecular flexibility index (Phi) is 3.79. The molecule has 1 saturated heterocycles. The van der Waals surface area contributed by atoms with Gasteiger partial charge in [0.05, 0.1) is 12.2 Å². The molecule has 2 bridgehead atoms. The van der Waals surface area contributed by atoms with Gasteiger partial charge in [-0.15, -0.1) is 0 Å². The molecule has 0 amide bonds. The molecular weight excluding hydrogens is 276 g/mol. The number of hydrogen-bond donors (Lipinski definition) is 0. The van der Waals surface area contributed by atoms with Crippen molar-refractivity contribution in [1.29, 1.82) is 0 Å². The fourth-order valence-corrected chi connectivity index (χ4v) is 6.71. The number of allylic oxidation sites excluding steroid dienone is 2. The van der Waals surface area contributed by atoms with Crippen LogP contribution in [0.1, 0.15) is 38.5 Å². The van der Waals surface area contributed by atoms with Crippen molar-refractivity contribution in [2.45, 2.75) is 69.9 Å². The van der Waals surface area contributed by atoms with Crippen LogP contribution in [0.15, 0.2) is 12.2 Å². The molecule has 0 aromatic heterocycles. The van der Waals surface area contributed by atoms with E-state index in [4.69, 9.17) is 9.16 Å². The highest BCUT2D eigenvalue weighted by Gasteiger charge is 2.44. The van der Waals surface area contributed by atoms with Gasteiger partial charge in [0.2, 0.25) is 0 Å². The number of hydrogen-bond acceptors (Lipinski definition) is 2. The molecule has 0 aromatic carbocycles. The van der Waals surface area contributed by atoms with Crippen molar-refractivity contribution in [3.63, 3.8) is 0 Å². The number of rotatable bonds is 6. The number of epoxide rings is 1. The van der Waals surface area contributed by atoms with Crippen LogP contribution in [0.3, 0.4) is 0 Å². The molecule has 0 radical (unpaired) electrons. The highest BCUT2D eigenvalue weighted by atomic mass is 28.4. The van der Waals surface area contributed by atoms with E-state index in [1.54, 1.807) is 0 Å². The van der Waals surface area contributed by atoms with Crippen molar-refractivity contribution in [3.8, 4) is 0 Å². The lowest BCUT2D eigenvalue weighted by molar-refractivity contribution is 0.207. The first-order chi connectivity index (χ1) is 10.1. The highest BCUT2D eigenvalue weighted by Crippen LogP contribution is 2.46. The molecule has 3 fully saturated rings. The molecular formula is C18H30O2Si. The molecule has 2 nitrogen and oxygen atoms in total. The first-order valence-corrected chi connectivity index (χ1v) is 12.2. The van der Waals surface area contributed by atoms with E-state index >= 15 is 0 Å². The summed E-state index contributed by atoms with van der Waals surface area (Å²) < 4.78 is 12.1. The average Bonchev–Trinajstić information content (AvgIpc) is 2.93. The van der Waals surface area contributed by atoms with Gasteiger partial charge in [0, 0.05) is 6.61 Å². The number of fused-ring (bicyclic) bond motifs is 3. The maximum Gasteiger partial charge on any atom is 0.186 e. The fourth-order valence-electron chi connectivity index (χ4n) is 4.81. The van der Waals surface area contributed by atoms with Gasteiger partial charge >= 0.3 is 0 Å². The molecule has 6 atom stereocenters. The number of ether oxygens (including phenoxy) is 1. The zero-order chi connectivity index (χ0) is 14.4. The molecule has 0 aromatic rings. The van der Waals surface area contributed by atoms with Crippen LogP contribution < -0.4 is 0 Å². The lowest BCUT2D eigenvalue weighted by Gasteiger charge is -2.29. The van der Waals surface area contributed by atoms with Gasteiger partial charge in [-0.05, 0) is 74.9 Å². The van der Waals surface area contributed by atoms with Crippen LogP contribution in [-0.2, 0) is 9.16 Å². The van der Waals surface area contributed by atoms with E-state index in [9.17, 15) is 0 Å². The summed E-state index contributed by atoms with van der Waals surface area (Å²) in [5.74, 6) is 3.55. The van der Waals surface area contributed by atoms with Gasteiger partial charge in [0.15, 0.2) is 8.32 Å². The molecule has 0 N–H and O–H groups in total. The Balaban J connectivity index is 1.19. The van der Waals surface area contributed by atoms with Crippen LogP contribution in [0.5, 0.6) is 0 Å². The molecule has 3 heteroatoms. The summed E-state index contributed by atoms with van der Waals surface area (Å²) in [6.07, 6.45) is 14.3. The van der Waals surface area contributed by atoms with Crippen LogP contribution in [0.4, 0.5) is 0 Å². The second kappa shape index (κ2) is 5.50. The maximum atomic E-state index is 6.44. The first-order valence-electron chi connectivity index (χ1n) is 9.07. The quantitative estimate of drug-likeness (QED) is 0.413. The molecule has 3 aliphatic carbocycles. The van der Waals surface area contributed by atoms with Gasteiger partial charge in [-0.2, -0.15) is 0 Å². The Morgan fingerprint density at radius 2 is 2.00 bits per heavy atom. The zero-order valence-corrected chi connectivity index (χ0v) is 14.6. The fraction of sp³-hybridized carbons (Fsp3) is 0.889. The smallest absolute Gasteiger partial charge is 0.186 e. The van der Waals surface area contributed by atoms with Gasteiger partial charge in [-0.3, -0.25) is 0 Å². The molecule has 6 unspecified atom stereocenters. The van der Waals surface area contributed by atoms with Crippen molar-refractivity contribution in [2.75, 3.05) is 6.61 Å². The second-order valence-corrected chi connectivity index (χ2v) is 12.8. The summed E-state index contributed by atoms with van der Waals surface area (Å²) in [4.78, 5) is 0. The van der Waals surface area contributed by atoms with E-state index in [0.717, 1.165) is 30.3 Å². The molecule has 2 saturated carbocycles. The van der Waals surface area contributed by atoms with E-state index in [0.29, 0.717) is 12.2 Å². The van der Waals surface area contributed by atoms with Crippen molar-refractivity contribution >= 4 is 8.32 Å².